The van der Waals surface area contributed by atoms with Crippen molar-refractivity contribution in [1.29, 1.82) is 0 Å². The van der Waals surface area contributed by atoms with Crippen LogP contribution in [0.5, 0.6) is 0 Å². The van der Waals surface area contributed by atoms with Gasteiger partial charge in [-0.15, -0.1) is 0 Å². The Kier molecular flexibility index (Phi) is 5.90. The molecule has 6 nitrogen and oxygen atoms in total. The molecule has 0 aromatic heterocycles. The number of ketones is 1. The van der Waals surface area contributed by atoms with Crippen LogP contribution < -0.4 is 10.2 Å². The van der Waals surface area contributed by atoms with E-state index < -0.39 is 29.4 Å². The van der Waals surface area contributed by atoms with Gasteiger partial charge in [0.15, 0.2) is 5.78 Å². The molecule has 0 aliphatic carbocycles. The smallest absolute Gasteiger partial charge is 0.329 e. The van der Waals surface area contributed by atoms with Crippen molar-refractivity contribution in [2.75, 3.05) is 16.8 Å². The van der Waals surface area contributed by atoms with Crippen molar-refractivity contribution in [3.8, 4) is 0 Å². The number of ether oxygens (including phenoxy) is 1. The Morgan fingerprint density at radius 3 is 2.47 bits per heavy atom. The molecule has 3 heterocycles. The lowest BCUT2D eigenvalue weighted by atomic mass is 9.64. The Labute approximate surface area is 222 Å². The number of hydrogen-bond acceptors (Lipinski definition) is 5. The van der Waals surface area contributed by atoms with E-state index in [4.69, 9.17) is 4.74 Å². The maximum Gasteiger partial charge on any atom is 0.329 e. The highest BCUT2D eigenvalue weighted by atomic mass is 16.5. The molecule has 0 saturated carbocycles. The third-order valence-corrected chi connectivity index (χ3v) is 8.13. The van der Waals surface area contributed by atoms with Crippen LogP contribution in [0.3, 0.4) is 0 Å². The molecule has 1 saturated heterocycles. The number of fused-ring (bicyclic) bond motifs is 6. The zero-order chi connectivity index (χ0) is 26.4. The van der Waals surface area contributed by atoms with Crippen molar-refractivity contribution in [3.05, 3.63) is 101 Å². The van der Waals surface area contributed by atoms with E-state index in [0.29, 0.717) is 11.3 Å². The van der Waals surface area contributed by atoms with Gasteiger partial charge in [-0.3, -0.25) is 9.59 Å². The van der Waals surface area contributed by atoms with Crippen molar-refractivity contribution in [3.63, 3.8) is 0 Å². The first kappa shape index (κ1) is 24.2. The zero-order valence-corrected chi connectivity index (χ0v) is 21.5. The summed E-state index contributed by atoms with van der Waals surface area (Å²) in [5.74, 6) is -2.01. The maximum atomic E-state index is 14.6. The first-order valence-electron chi connectivity index (χ1n) is 13.3. The Morgan fingerprint density at radius 1 is 0.974 bits per heavy atom. The van der Waals surface area contributed by atoms with E-state index in [1.165, 1.54) is 0 Å². The molecule has 3 aromatic carbocycles. The molecule has 6 rings (SSSR count). The lowest BCUT2D eigenvalue weighted by Gasteiger charge is -2.37. The molecule has 1 spiro atoms. The summed E-state index contributed by atoms with van der Waals surface area (Å²) in [4.78, 5) is 44.5. The summed E-state index contributed by atoms with van der Waals surface area (Å²) in [5, 5.41) is 3.04. The van der Waals surface area contributed by atoms with Crippen LogP contribution in [0.25, 0.3) is 6.08 Å². The summed E-state index contributed by atoms with van der Waals surface area (Å²) in [7, 11) is 0. The second-order valence-electron chi connectivity index (χ2n) is 10.1. The summed E-state index contributed by atoms with van der Waals surface area (Å²) in [6.07, 6.45) is 5.87. The van der Waals surface area contributed by atoms with Gasteiger partial charge in [0.05, 0.1) is 18.6 Å². The number of esters is 1. The van der Waals surface area contributed by atoms with Gasteiger partial charge < -0.3 is 15.0 Å². The standard InChI is InChI=1S/C32H30N2O4/c1-3-9-20-14-16-22(17-15-20)29(35)27-28(30(36)38-4-2)34-25-13-8-5-10-21(25)18-19-26(34)32(27)23-11-6-7-12-24(23)33-31(32)37/h5-8,10-19,26-28H,3-4,9H2,1-2H3,(H,33,37)/t26-,27+,28-,32-/m1/s1. The van der Waals surface area contributed by atoms with Gasteiger partial charge >= 0.3 is 5.97 Å². The number of benzene rings is 3. The molecule has 1 N–H and O–H groups in total. The SMILES string of the molecule is CCCc1ccc(C(=O)[C@@H]2[C@H](C(=O)OCC)N3c4ccccc4C=C[C@@H]3[C@@]23C(=O)Nc2ccccc23)cc1. The van der Waals surface area contributed by atoms with Crippen molar-refractivity contribution in [1.82, 2.24) is 0 Å². The van der Waals surface area contributed by atoms with Crippen LogP contribution >= 0.6 is 0 Å². The number of carbonyl (C=O) groups excluding carboxylic acids is 3. The highest BCUT2D eigenvalue weighted by molar-refractivity contribution is 6.16. The van der Waals surface area contributed by atoms with E-state index in [1.54, 1.807) is 6.92 Å². The van der Waals surface area contributed by atoms with Gasteiger partial charge in [-0.25, -0.2) is 4.79 Å². The Balaban J connectivity index is 1.60. The van der Waals surface area contributed by atoms with Gasteiger partial charge in [-0.1, -0.05) is 86.2 Å². The van der Waals surface area contributed by atoms with Crippen LogP contribution in [0.1, 0.15) is 47.3 Å². The monoisotopic (exact) mass is 506 g/mol. The van der Waals surface area contributed by atoms with Gasteiger partial charge in [0.1, 0.15) is 11.5 Å². The van der Waals surface area contributed by atoms with Crippen molar-refractivity contribution < 1.29 is 19.1 Å². The van der Waals surface area contributed by atoms with E-state index in [2.05, 4.69) is 12.2 Å². The Bertz CT molecular complexity index is 1460. The Morgan fingerprint density at radius 2 is 1.71 bits per heavy atom. The number of carbonyl (C=O) groups is 3. The number of anilines is 2. The molecule has 38 heavy (non-hydrogen) atoms. The molecule has 192 valence electrons. The van der Waals surface area contributed by atoms with E-state index in [0.717, 1.165) is 35.2 Å². The Hall–Kier alpha value is -4.19. The summed E-state index contributed by atoms with van der Waals surface area (Å²) in [6, 6.07) is 21.3. The number of amides is 1. The van der Waals surface area contributed by atoms with Crippen LogP contribution in [-0.2, 0) is 26.2 Å². The van der Waals surface area contributed by atoms with Crippen molar-refractivity contribution in [2.45, 2.75) is 44.2 Å². The highest BCUT2D eigenvalue weighted by Crippen LogP contribution is 2.57. The minimum atomic E-state index is -1.31. The predicted molar refractivity (Wildman–Crippen MR) is 147 cm³/mol. The summed E-state index contributed by atoms with van der Waals surface area (Å²) in [5.41, 5.74) is 3.46. The fraction of sp³-hybridized carbons (Fsp3) is 0.281. The van der Waals surface area contributed by atoms with Crippen molar-refractivity contribution >= 4 is 35.1 Å². The fourth-order valence-electron chi connectivity index (χ4n) is 6.62. The fourth-order valence-corrected chi connectivity index (χ4v) is 6.62. The molecular formula is C32H30N2O4. The van der Waals surface area contributed by atoms with Crippen LogP contribution in [0.2, 0.25) is 0 Å². The number of aryl methyl sites for hydroxylation is 1. The number of nitrogens with zero attached hydrogens (tertiary/aromatic N) is 1. The number of rotatable bonds is 6. The molecule has 3 aliphatic heterocycles. The number of nitrogens with one attached hydrogen (secondary N) is 1. The van der Waals surface area contributed by atoms with E-state index in [1.807, 2.05) is 89.8 Å². The lowest BCUT2D eigenvalue weighted by molar-refractivity contribution is -0.145. The number of para-hydroxylation sites is 2. The zero-order valence-electron chi connectivity index (χ0n) is 21.5. The third kappa shape index (κ3) is 3.36. The minimum Gasteiger partial charge on any atom is -0.464 e. The average Bonchev–Trinajstić information content (AvgIpc) is 3.42. The van der Waals surface area contributed by atoms with Gasteiger partial charge in [-0.05, 0) is 42.2 Å². The largest absolute Gasteiger partial charge is 0.464 e. The summed E-state index contributed by atoms with van der Waals surface area (Å²) in [6.45, 7) is 4.04. The maximum absolute atomic E-state index is 14.6. The van der Waals surface area contributed by atoms with Crippen LogP contribution in [0, 0.1) is 5.92 Å². The van der Waals surface area contributed by atoms with Gasteiger partial charge in [0.2, 0.25) is 5.91 Å². The van der Waals surface area contributed by atoms with Crippen LogP contribution in [0.15, 0.2) is 78.9 Å². The highest BCUT2D eigenvalue weighted by Gasteiger charge is 2.70. The normalized spacial score (nSPS) is 24.5. The first-order valence-corrected chi connectivity index (χ1v) is 13.3. The van der Waals surface area contributed by atoms with Gasteiger partial charge in [-0.2, -0.15) is 0 Å². The first-order chi connectivity index (χ1) is 18.5. The molecule has 1 amide bonds. The summed E-state index contributed by atoms with van der Waals surface area (Å²) >= 11 is 0. The minimum absolute atomic E-state index is 0.174. The van der Waals surface area contributed by atoms with E-state index in [-0.39, 0.29) is 18.3 Å². The van der Waals surface area contributed by atoms with E-state index >= 15 is 0 Å². The quantitative estimate of drug-likeness (QED) is 0.369. The molecule has 1 fully saturated rings. The molecule has 3 aromatic rings. The second-order valence-corrected chi connectivity index (χ2v) is 10.1. The molecule has 0 bridgehead atoms. The molecule has 0 unspecified atom stereocenters. The number of Topliss-reactive ketones (excluding diaryl/α,β-unsaturated/α-hetero) is 1. The molecule has 0 radical (unpaired) electrons. The topological polar surface area (TPSA) is 75.7 Å². The van der Waals surface area contributed by atoms with Crippen molar-refractivity contribution in [2.24, 2.45) is 5.92 Å². The lowest BCUT2D eigenvalue weighted by Crippen LogP contribution is -2.51. The van der Waals surface area contributed by atoms with Gasteiger partial charge in [0, 0.05) is 16.9 Å². The van der Waals surface area contributed by atoms with E-state index in [9.17, 15) is 14.4 Å². The van der Waals surface area contributed by atoms with Crippen LogP contribution in [0.4, 0.5) is 11.4 Å². The predicted octanol–water partition coefficient (Wildman–Crippen LogP) is 5.18. The number of hydrogen-bond donors (Lipinski definition) is 1. The molecule has 3 aliphatic rings. The van der Waals surface area contributed by atoms with Crippen LogP contribution in [-0.4, -0.2) is 36.4 Å². The van der Waals surface area contributed by atoms with Gasteiger partial charge in [0.25, 0.3) is 0 Å². The third-order valence-electron chi connectivity index (χ3n) is 8.13. The second kappa shape index (κ2) is 9.28. The molecule has 6 heteroatoms. The molecular weight excluding hydrogens is 476 g/mol. The summed E-state index contributed by atoms with van der Waals surface area (Å²) < 4.78 is 5.59. The average molecular weight is 507 g/mol. The molecule has 4 atom stereocenters.